The third-order valence-corrected chi connectivity index (χ3v) is 10.4. The zero-order valence-corrected chi connectivity index (χ0v) is 23.4. The van der Waals surface area contributed by atoms with Crippen molar-refractivity contribution in [3.8, 4) is 5.75 Å². The van der Waals surface area contributed by atoms with E-state index < -0.39 is 17.1 Å². The molecule has 1 N–H and O–H groups in total. The van der Waals surface area contributed by atoms with Gasteiger partial charge in [-0.2, -0.15) is 0 Å². The first-order valence-electron chi connectivity index (χ1n) is 12.2. The fourth-order valence-electron chi connectivity index (χ4n) is 5.00. The third-order valence-electron chi connectivity index (χ3n) is 6.87. The molecule has 198 valence electrons. The van der Waals surface area contributed by atoms with Gasteiger partial charge in [0.25, 0.3) is 0 Å². The molecule has 2 aromatic carbocycles. The average Bonchev–Trinajstić information content (AvgIpc) is 3.63. The van der Waals surface area contributed by atoms with E-state index in [0.717, 1.165) is 26.7 Å². The number of amides is 3. The number of nitrogens with one attached hydrogen (secondary N) is 1. The van der Waals surface area contributed by atoms with Gasteiger partial charge < -0.3 is 10.1 Å². The van der Waals surface area contributed by atoms with E-state index in [-0.39, 0.29) is 29.1 Å². The molecule has 3 atom stereocenters. The minimum Gasteiger partial charge on any atom is -0.497 e. The van der Waals surface area contributed by atoms with Crippen LogP contribution in [0, 0.1) is 12.8 Å². The minimum absolute atomic E-state index is 0.206. The molecule has 39 heavy (non-hydrogen) atoms. The number of hydrogen-bond acceptors (Lipinski definition) is 8. The van der Waals surface area contributed by atoms with Gasteiger partial charge in [0.15, 0.2) is 0 Å². The van der Waals surface area contributed by atoms with Crippen molar-refractivity contribution in [2.24, 2.45) is 5.92 Å². The Morgan fingerprint density at radius 1 is 1.00 bits per heavy atom. The summed E-state index contributed by atoms with van der Waals surface area (Å²) >= 11 is 3.75. The van der Waals surface area contributed by atoms with Gasteiger partial charge >= 0.3 is 4.87 Å². The van der Waals surface area contributed by atoms with Crippen LogP contribution in [0.2, 0.25) is 0 Å². The number of thiazole rings is 1. The number of carbonyl (C=O) groups is 3. The molecule has 1 fully saturated rings. The predicted octanol–water partition coefficient (Wildman–Crippen LogP) is 4.72. The number of thiophene rings is 1. The number of rotatable bonds is 6. The summed E-state index contributed by atoms with van der Waals surface area (Å²) in [6.45, 7) is 1.74. The van der Waals surface area contributed by atoms with E-state index in [1.165, 1.54) is 32.6 Å². The number of anilines is 2. The second-order valence-electron chi connectivity index (χ2n) is 9.30. The highest BCUT2D eigenvalue weighted by molar-refractivity contribution is 8.00. The highest BCUT2D eigenvalue weighted by Gasteiger charge is 2.57. The van der Waals surface area contributed by atoms with Gasteiger partial charge in [-0.05, 0) is 54.8 Å². The first kappa shape index (κ1) is 25.6. The van der Waals surface area contributed by atoms with E-state index in [2.05, 4.69) is 5.32 Å². The van der Waals surface area contributed by atoms with Gasteiger partial charge in [-0.15, -0.1) is 11.3 Å². The zero-order valence-electron chi connectivity index (χ0n) is 21.0. The number of imide groups is 1. The van der Waals surface area contributed by atoms with Crippen LogP contribution in [0.25, 0.3) is 0 Å². The van der Waals surface area contributed by atoms with Crippen LogP contribution < -0.4 is 19.8 Å². The van der Waals surface area contributed by atoms with Gasteiger partial charge in [0, 0.05) is 21.4 Å². The molecule has 2 aliphatic rings. The molecular weight excluding hydrogens is 555 g/mol. The van der Waals surface area contributed by atoms with Gasteiger partial charge in [0.1, 0.15) is 17.5 Å². The van der Waals surface area contributed by atoms with Gasteiger partial charge in [-0.3, -0.25) is 23.7 Å². The van der Waals surface area contributed by atoms with Crippen LogP contribution in [0.3, 0.4) is 0 Å². The number of aromatic nitrogens is 1. The Morgan fingerprint density at radius 2 is 1.74 bits per heavy atom. The second-order valence-corrected chi connectivity index (χ2v) is 12.4. The number of thioether (sulfide) groups is 1. The monoisotopic (exact) mass is 577 g/mol. The van der Waals surface area contributed by atoms with E-state index >= 15 is 0 Å². The van der Waals surface area contributed by atoms with Gasteiger partial charge in [0.2, 0.25) is 17.7 Å². The normalized spacial score (nSPS) is 20.1. The summed E-state index contributed by atoms with van der Waals surface area (Å²) in [5.41, 5.74) is 2.14. The van der Waals surface area contributed by atoms with Crippen LogP contribution in [0.1, 0.15) is 21.2 Å². The van der Waals surface area contributed by atoms with Crippen molar-refractivity contribution in [1.29, 1.82) is 0 Å². The van der Waals surface area contributed by atoms with Crippen LogP contribution in [0.15, 0.2) is 75.9 Å². The molecule has 0 spiro atoms. The summed E-state index contributed by atoms with van der Waals surface area (Å²) in [6, 6.07) is 18.0. The first-order valence-corrected chi connectivity index (χ1v) is 14.7. The molecule has 0 radical (unpaired) electrons. The van der Waals surface area contributed by atoms with Gasteiger partial charge in [0.05, 0.1) is 23.7 Å². The Hall–Kier alpha value is -3.67. The fourth-order valence-corrected chi connectivity index (χ4v) is 8.72. The Kier molecular flexibility index (Phi) is 6.66. The van der Waals surface area contributed by atoms with E-state index in [9.17, 15) is 19.2 Å². The largest absolute Gasteiger partial charge is 0.497 e. The summed E-state index contributed by atoms with van der Waals surface area (Å²) < 4.78 is 6.58. The summed E-state index contributed by atoms with van der Waals surface area (Å²) in [5.74, 6) is -1.36. The molecule has 0 saturated carbocycles. The SMILES string of the molecule is COc1ccc(NC(=O)Cn2c3c(sc2=O)[C@@H](c2cccs2)C2C(=O)N(c4ccc(C)cc4)C(=O)C2S3)cc1. The number of hydrogen-bond donors (Lipinski definition) is 1. The Labute approximate surface area is 236 Å². The van der Waals surface area contributed by atoms with Crippen LogP contribution in [0.5, 0.6) is 5.75 Å². The highest BCUT2D eigenvalue weighted by atomic mass is 32.2. The quantitative estimate of drug-likeness (QED) is 0.333. The molecule has 8 nitrogen and oxygen atoms in total. The predicted molar refractivity (Wildman–Crippen MR) is 153 cm³/mol. The molecule has 11 heteroatoms. The molecule has 2 unspecified atom stereocenters. The summed E-state index contributed by atoms with van der Waals surface area (Å²) in [7, 11) is 1.56. The van der Waals surface area contributed by atoms with E-state index in [1.54, 1.807) is 43.5 Å². The molecule has 3 amide bonds. The lowest BCUT2D eigenvalue weighted by Gasteiger charge is -2.29. The van der Waals surface area contributed by atoms with Crippen molar-refractivity contribution in [2.45, 2.75) is 29.7 Å². The zero-order chi connectivity index (χ0) is 27.3. The van der Waals surface area contributed by atoms with Gasteiger partial charge in [-0.1, -0.05) is 46.9 Å². The molecule has 0 aliphatic carbocycles. The van der Waals surface area contributed by atoms with E-state index in [4.69, 9.17) is 4.74 Å². The molecule has 6 rings (SSSR count). The van der Waals surface area contributed by atoms with E-state index in [0.29, 0.717) is 22.2 Å². The van der Waals surface area contributed by atoms with Crippen molar-refractivity contribution >= 4 is 63.5 Å². The number of methoxy groups -OCH3 is 1. The summed E-state index contributed by atoms with van der Waals surface area (Å²) in [4.78, 5) is 56.3. The number of benzene rings is 2. The number of ether oxygens (including phenoxy) is 1. The molecule has 0 bridgehead atoms. The standard InChI is InChI=1S/C28H23N3O5S3/c1-15-5-9-17(10-6-15)31-25(33)22-21(19-4-3-13-37-19)24-27(38-23(22)26(31)34)30(28(35)39-24)14-20(32)29-16-7-11-18(36-2)12-8-16/h3-13,21-23H,14H2,1-2H3,(H,29,32)/t21-,22?,23?/m0/s1. The number of carbonyl (C=O) groups excluding carboxylic acids is 3. The fraction of sp³-hybridized carbons (Fsp3) is 0.214. The maximum absolute atomic E-state index is 13.8. The second kappa shape index (κ2) is 10.1. The van der Waals surface area contributed by atoms with Crippen LogP contribution in [-0.4, -0.2) is 34.6 Å². The lowest BCUT2D eigenvalue weighted by molar-refractivity contribution is -0.122. The Morgan fingerprint density at radius 3 is 2.41 bits per heavy atom. The van der Waals surface area contributed by atoms with E-state index in [1.807, 2.05) is 36.6 Å². The lowest BCUT2D eigenvalue weighted by Crippen LogP contribution is -2.32. The molecule has 2 aliphatic heterocycles. The maximum atomic E-state index is 13.8. The van der Waals surface area contributed by atoms with Crippen LogP contribution >= 0.6 is 34.4 Å². The Bertz CT molecular complexity index is 1620. The Balaban J connectivity index is 1.35. The van der Waals surface area contributed by atoms with Crippen molar-refractivity contribution in [2.75, 3.05) is 17.3 Å². The first-order chi connectivity index (χ1) is 18.9. The van der Waals surface area contributed by atoms with Crippen LogP contribution in [0.4, 0.5) is 11.4 Å². The summed E-state index contributed by atoms with van der Waals surface area (Å²) in [6.07, 6.45) is 0. The van der Waals surface area contributed by atoms with Crippen molar-refractivity contribution in [3.05, 3.63) is 91.0 Å². The topological polar surface area (TPSA) is 97.7 Å². The van der Waals surface area contributed by atoms with Crippen molar-refractivity contribution in [1.82, 2.24) is 4.57 Å². The maximum Gasteiger partial charge on any atom is 0.308 e. The molecule has 1 saturated heterocycles. The molecular formula is C28H23N3O5S3. The molecule has 4 aromatic rings. The third kappa shape index (κ3) is 4.50. The number of fused-ring (bicyclic) bond motifs is 2. The van der Waals surface area contributed by atoms with Crippen molar-refractivity contribution in [3.63, 3.8) is 0 Å². The highest BCUT2D eigenvalue weighted by Crippen LogP contribution is 2.54. The minimum atomic E-state index is -0.705. The number of aryl methyl sites for hydroxylation is 1. The van der Waals surface area contributed by atoms with Gasteiger partial charge in [-0.25, -0.2) is 4.90 Å². The molecule has 4 heterocycles. The van der Waals surface area contributed by atoms with Crippen LogP contribution in [-0.2, 0) is 20.9 Å². The summed E-state index contributed by atoms with van der Waals surface area (Å²) in [5, 5.41) is 4.60. The number of nitrogens with zero attached hydrogens (tertiary/aromatic N) is 2. The van der Waals surface area contributed by atoms with Crippen molar-refractivity contribution < 1.29 is 19.1 Å². The smallest absolute Gasteiger partial charge is 0.308 e. The lowest BCUT2D eigenvalue weighted by atomic mass is 9.87. The molecule has 2 aromatic heterocycles. The average molecular weight is 578 g/mol.